The maximum absolute atomic E-state index is 12.5. The maximum Gasteiger partial charge on any atom is 0.242 e. The van der Waals surface area contributed by atoms with Crippen molar-refractivity contribution in [3.8, 4) is 0 Å². The molecule has 2 amide bonds. The first-order valence-corrected chi connectivity index (χ1v) is 9.45. The third-order valence-electron chi connectivity index (χ3n) is 4.35. The SMILES string of the molecule is COCCN1CC(O)CN(C(=O)CCc2nc3ccccc3s2)CC1=O. The van der Waals surface area contributed by atoms with Gasteiger partial charge in [0.1, 0.15) is 0 Å². The lowest BCUT2D eigenvalue weighted by Gasteiger charge is -2.21. The van der Waals surface area contributed by atoms with E-state index in [0.717, 1.165) is 15.2 Å². The fourth-order valence-electron chi connectivity index (χ4n) is 3.00. The van der Waals surface area contributed by atoms with E-state index in [1.165, 1.54) is 4.90 Å². The van der Waals surface area contributed by atoms with Crippen LogP contribution in [0.1, 0.15) is 11.4 Å². The molecule has 0 saturated carbocycles. The molecule has 1 unspecified atom stereocenters. The number of aliphatic hydroxyl groups is 1. The summed E-state index contributed by atoms with van der Waals surface area (Å²) < 4.78 is 6.09. The number of hydrogen-bond donors (Lipinski definition) is 1. The fourth-order valence-corrected chi connectivity index (χ4v) is 3.97. The zero-order chi connectivity index (χ0) is 18.5. The van der Waals surface area contributed by atoms with Gasteiger partial charge in [-0.1, -0.05) is 12.1 Å². The lowest BCUT2D eigenvalue weighted by atomic mass is 10.2. The number of methoxy groups -OCH3 is 1. The minimum absolute atomic E-state index is 0.000543. The van der Waals surface area contributed by atoms with Crippen molar-refractivity contribution < 1.29 is 19.4 Å². The van der Waals surface area contributed by atoms with Gasteiger partial charge in [-0.15, -0.1) is 11.3 Å². The number of hydrogen-bond acceptors (Lipinski definition) is 6. The monoisotopic (exact) mass is 377 g/mol. The molecule has 1 aromatic carbocycles. The second-order valence-electron chi connectivity index (χ2n) is 6.34. The molecular formula is C18H23N3O4S. The number of aryl methyl sites for hydroxylation is 1. The van der Waals surface area contributed by atoms with Gasteiger partial charge in [0.15, 0.2) is 0 Å². The van der Waals surface area contributed by atoms with Crippen LogP contribution in [0.4, 0.5) is 0 Å². The summed E-state index contributed by atoms with van der Waals surface area (Å²) in [5.41, 5.74) is 0.939. The van der Waals surface area contributed by atoms with Crippen LogP contribution in [0, 0.1) is 0 Å². The molecule has 1 aromatic heterocycles. The Morgan fingerprint density at radius 3 is 2.96 bits per heavy atom. The molecule has 1 fully saturated rings. The molecule has 1 N–H and O–H groups in total. The smallest absolute Gasteiger partial charge is 0.242 e. The van der Waals surface area contributed by atoms with E-state index >= 15 is 0 Å². The minimum atomic E-state index is -0.746. The van der Waals surface area contributed by atoms with Crippen LogP contribution < -0.4 is 0 Å². The molecule has 0 radical (unpaired) electrons. The van der Waals surface area contributed by atoms with Gasteiger partial charge in [0.25, 0.3) is 0 Å². The van der Waals surface area contributed by atoms with Crippen molar-refractivity contribution in [1.82, 2.24) is 14.8 Å². The Hall–Kier alpha value is -2.03. The summed E-state index contributed by atoms with van der Waals surface area (Å²) in [4.78, 5) is 32.4. The molecule has 1 aliphatic heterocycles. The molecule has 3 rings (SSSR count). The summed E-state index contributed by atoms with van der Waals surface area (Å²) >= 11 is 1.58. The van der Waals surface area contributed by atoms with E-state index in [4.69, 9.17) is 4.74 Å². The Morgan fingerprint density at radius 1 is 1.38 bits per heavy atom. The van der Waals surface area contributed by atoms with E-state index in [9.17, 15) is 14.7 Å². The van der Waals surface area contributed by atoms with Gasteiger partial charge < -0.3 is 19.6 Å². The first kappa shape index (κ1) is 18.8. The number of carbonyl (C=O) groups excluding carboxylic acids is 2. The molecule has 8 heteroatoms. The van der Waals surface area contributed by atoms with Crippen molar-refractivity contribution in [2.75, 3.05) is 39.9 Å². The molecule has 2 heterocycles. The van der Waals surface area contributed by atoms with E-state index in [0.29, 0.717) is 19.6 Å². The van der Waals surface area contributed by atoms with Gasteiger partial charge in [0.05, 0.1) is 34.5 Å². The molecule has 7 nitrogen and oxygen atoms in total. The first-order chi connectivity index (χ1) is 12.6. The second kappa shape index (κ2) is 8.57. The topological polar surface area (TPSA) is 83.0 Å². The molecule has 26 heavy (non-hydrogen) atoms. The van der Waals surface area contributed by atoms with Gasteiger partial charge in [-0.3, -0.25) is 9.59 Å². The number of fused-ring (bicyclic) bond motifs is 1. The summed E-state index contributed by atoms with van der Waals surface area (Å²) in [5.74, 6) is -0.294. The van der Waals surface area contributed by atoms with Crippen molar-refractivity contribution in [3.05, 3.63) is 29.3 Å². The number of nitrogens with zero attached hydrogens (tertiary/aromatic N) is 3. The van der Waals surface area contributed by atoms with Crippen LogP contribution in [0.25, 0.3) is 10.2 Å². The molecule has 0 spiro atoms. The van der Waals surface area contributed by atoms with Gasteiger partial charge in [0.2, 0.25) is 11.8 Å². The Bertz CT molecular complexity index is 746. The second-order valence-corrected chi connectivity index (χ2v) is 7.45. The molecule has 1 atom stereocenters. The molecule has 1 aliphatic rings. The zero-order valence-electron chi connectivity index (χ0n) is 14.8. The average molecular weight is 377 g/mol. The molecule has 140 valence electrons. The minimum Gasteiger partial charge on any atom is -0.389 e. The Labute approximate surface area is 156 Å². The van der Waals surface area contributed by atoms with Crippen LogP contribution in [-0.2, 0) is 20.7 Å². The van der Waals surface area contributed by atoms with E-state index in [1.807, 2.05) is 24.3 Å². The summed E-state index contributed by atoms with van der Waals surface area (Å²) in [5, 5.41) is 11.0. The van der Waals surface area contributed by atoms with Crippen molar-refractivity contribution in [2.45, 2.75) is 18.9 Å². The number of para-hydroxylation sites is 1. The lowest BCUT2D eigenvalue weighted by Crippen LogP contribution is -2.40. The predicted octanol–water partition coefficient (Wildman–Crippen LogP) is 0.907. The van der Waals surface area contributed by atoms with E-state index in [-0.39, 0.29) is 37.9 Å². The molecule has 0 bridgehead atoms. The van der Waals surface area contributed by atoms with Crippen LogP contribution in [0.2, 0.25) is 0 Å². The summed E-state index contributed by atoms with van der Waals surface area (Å²) in [6.45, 7) is 1.22. The van der Waals surface area contributed by atoms with Gasteiger partial charge in [0, 0.05) is 39.6 Å². The van der Waals surface area contributed by atoms with Crippen LogP contribution >= 0.6 is 11.3 Å². The highest BCUT2D eigenvalue weighted by Crippen LogP contribution is 2.22. The number of rotatable bonds is 6. The standard InChI is InChI=1S/C18H23N3O4S/c1-25-9-8-20-10-13(22)11-21(12-18(20)24)17(23)7-6-16-19-14-4-2-3-5-15(14)26-16/h2-5,13,22H,6-12H2,1H3. The van der Waals surface area contributed by atoms with Crippen LogP contribution in [0.15, 0.2) is 24.3 Å². The number of amides is 2. The van der Waals surface area contributed by atoms with Gasteiger partial charge >= 0.3 is 0 Å². The lowest BCUT2D eigenvalue weighted by molar-refractivity contribution is -0.139. The zero-order valence-corrected chi connectivity index (χ0v) is 15.6. The highest BCUT2D eigenvalue weighted by atomic mass is 32.1. The van der Waals surface area contributed by atoms with Crippen LogP contribution in [-0.4, -0.2) is 77.7 Å². The summed E-state index contributed by atoms with van der Waals surface area (Å²) in [7, 11) is 1.57. The molecule has 0 aliphatic carbocycles. The molecule has 1 saturated heterocycles. The molecule has 2 aromatic rings. The van der Waals surface area contributed by atoms with Crippen LogP contribution in [0.3, 0.4) is 0 Å². The number of thiazole rings is 1. The van der Waals surface area contributed by atoms with Gasteiger partial charge in [-0.25, -0.2) is 4.98 Å². The highest BCUT2D eigenvalue weighted by Gasteiger charge is 2.29. The van der Waals surface area contributed by atoms with E-state index in [2.05, 4.69) is 4.98 Å². The van der Waals surface area contributed by atoms with Crippen molar-refractivity contribution in [3.63, 3.8) is 0 Å². The number of carbonyl (C=O) groups is 2. The number of aliphatic hydroxyl groups excluding tert-OH is 1. The Kier molecular flexibility index (Phi) is 6.18. The summed E-state index contributed by atoms with van der Waals surface area (Å²) in [6.07, 6.45) is 0.0641. The van der Waals surface area contributed by atoms with Crippen molar-refractivity contribution in [2.24, 2.45) is 0 Å². The number of ether oxygens (including phenoxy) is 1. The largest absolute Gasteiger partial charge is 0.389 e. The Balaban J connectivity index is 1.59. The quantitative estimate of drug-likeness (QED) is 0.809. The number of benzene rings is 1. The number of β-amino-alcohol motifs (C(OH)–C–C–N with tert-alkyl or cyclic N) is 1. The summed E-state index contributed by atoms with van der Waals surface area (Å²) in [6, 6.07) is 7.87. The van der Waals surface area contributed by atoms with Gasteiger partial charge in [-0.05, 0) is 12.1 Å². The fraction of sp³-hybridized carbons (Fsp3) is 0.500. The third-order valence-corrected chi connectivity index (χ3v) is 5.45. The van der Waals surface area contributed by atoms with Crippen molar-refractivity contribution in [1.29, 1.82) is 0 Å². The Morgan fingerprint density at radius 2 is 2.19 bits per heavy atom. The van der Waals surface area contributed by atoms with Crippen LogP contribution in [0.5, 0.6) is 0 Å². The maximum atomic E-state index is 12.5. The first-order valence-electron chi connectivity index (χ1n) is 8.64. The third kappa shape index (κ3) is 4.57. The van der Waals surface area contributed by atoms with Crippen molar-refractivity contribution >= 4 is 33.4 Å². The normalized spacial score (nSPS) is 18.4. The van der Waals surface area contributed by atoms with E-state index < -0.39 is 6.10 Å². The molecular weight excluding hydrogens is 354 g/mol. The van der Waals surface area contributed by atoms with E-state index in [1.54, 1.807) is 23.3 Å². The predicted molar refractivity (Wildman–Crippen MR) is 99.0 cm³/mol. The highest BCUT2D eigenvalue weighted by molar-refractivity contribution is 7.18. The average Bonchev–Trinajstić information content (AvgIpc) is 2.98. The number of aromatic nitrogens is 1. The van der Waals surface area contributed by atoms with Gasteiger partial charge in [-0.2, -0.15) is 0 Å².